The van der Waals surface area contributed by atoms with E-state index in [-0.39, 0.29) is 49.3 Å². The average molecular weight is 409 g/mol. The van der Waals surface area contributed by atoms with Crippen LogP contribution in [0.2, 0.25) is 0 Å². The molecule has 9 nitrogen and oxygen atoms in total. The molecule has 1 aromatic rings. The summed E-state index contributed by atoms with van der Waals surface area (Å²) in [6.07, 6.45) is 0.0968. The molecule has 3 rings (SSSR count). The number of amides is 2. The number of nitrogens with zero attached hydrogens (tertiary/aromatic N) is 3. The van der Waals surface area contributed by atoms with Crippen LogP contribution in [0.25, 0.3) is 0 Å². The lowest BCUT2D eigenvalue weighted by Crippen LogP contribution is -2.51. The van der Waals surface area contributed by atoms with Gasteiger partial charge in [-0.2, -0.15) is 4.31 Å². The summed E-state index contributed by atoms with van der Waals surface area (Å²) in [6, 6.07) is 8.15. The fraction of sp³-hybridized carbons (Fsp3) is 0.500. The number of sulfonamides is 1. The van der Waals surface area contributed by atoms with Crippen molar-refractivity contribution in [1.29, 1.82) is 0 Å². The van der Waals surface area contributed by atoms with Gasteiger partial charge in [0.15, 0.2) is 6.61 Å². The minimum absolute atomic E-state index is 0.0968. The van der Waals surface area contributed by atoms with Gasteiger partial charge in [-0.15, -0.1) is 0 Å². The van der Waals surface area contributed by atoms with E-state index in [4.69, 9.17) is 4.74 Å². The highest BCUT2D eigenvalue weighted by Crippen LogP contribution is 2.19. The van der Waals surface area contributed by atoms with Crippen LogP contribution in [0.4, 0.5) is 0 Å². The van der Waals surface area contributed by atoms with Crippen molar-refractivity contribution in [1.82, 2.24) is 14.1 Å². The molecular formula is C18H23N3O6S. The summed E-state index contributed by atoms with van der Waals surface area (Å²) in [5, 5.41) is 0. The third-order valence-electron chi connectivity index (χ3n) is 4.98. The SMILES string of the molecule is CN1C[C@H](C(=O)OCC(=O)N2CCN(S(=O)(=O)c3ccccc3)CC2)CC1=O. The Kier molecular flexibility index (Phi) is 5.99. The predicted octanol–water partition coefficient (Wildman–Crippen LogP) is -0.459. The largest absolute Gasteiger partial charge is 0.455 e. The smallest absolute Gasteiger partial charge is 0.311 e. The van der Waals surface area contributed by atoms with Crippen molar-refractivity contribution in [2.75, 3.05) is 46.4 Å². The number of hydrogen-bond acceptors (Lipinski definition) is 6. The Morgan fingerprint density at radius 3 is 2.32 bits per heavy atom. The molecule has 0 radical (unpaired) electrons. The molecule has 0 N–H and O–H groups in total. The van der Waals surface area contributed by atoms with Gasteiger partial charge >= 0.3 is 5.97 Å². The molecule has 152 valence electrons. The topological polar surface area (TPSA) is 104 Å². The molecule has 2 saturated heterocycles. The molecule has 2 aliphatic heterocycles. The summed E-state index contributed by atoms with van der Waals surface area (Å²) in [6.45, 7) is 0.707. The Balaban J connectivity index is 1.48. The Morgan fingerprint density at radius 1 is 1.11 bits per heavy atom. The van der Waals surface area contributed by atoms with E-state index in [1.54, 1.807) is 25.2 Å². The van der Waals surface area contributed by atoms with Crippen LogP contribution in [-0.4, -0.2) is 86.7 Å². The van der Waals surface area contributed by atoms with Crippen LogP contribution in [0.3, 0.4) is 0 Å². The summed E-state index contributed by atoms with van der Waals surface area (Å²) in [7, 11) is -1.97. The number of rotatable bonds is 5. The molecule has 0 unspecified atom stereocenters. The molecular weight excluding hydrogens is 386 g/mol. The first-order valence-corrected chi connectivity index (χ1v) is 10.5. The van der Waals surface area contributed by atoms with Gasteiger partial charge in [0.25, 0.3) is 5.91 Å². The van der Waals surface area contributed by atoms with Crippen LogP contribution in [0, 0.1) is 5.92 Å². The number of carbonyl (C=O) groups is 3. The highest BCUT2D eigenvalue weighted by molar-refractivity contribution is 7.89. The van der Waals surface area contributed by atoms with Crippen LogP contribution >= 0.6 is 0 Å². The van der Waals surface area contributed by atoms with Gasteiger partial charge in [0, 0.05) is 46.2 Å². The molecule has 28 heavy (non-hydrogen) atoms. The summed E-state index contributed by atoms with van der Waals surface area (Å²) in [5.41, 5.74) is 0. The van der Waals surface area contributed by atoms with Crippen LogP contribution in [0.1, 0.15) is 6.42 Å². The van der Waals surface area contributed by atoms with Gasteiger partial charge < -0.3 is 14.5 Å². The number of piperazine rings is 1. The highest BCUT2D eigenvalue weighted by Gasteiger charge is 2.34. The van der Waals surface area contributed by atoms with E-state index in [0.29, 0.717) is 6.54 Å². The van der Waals surface area contributed by atoms with E-state index in [9.17, 15) is 22.8 Å². The van der Waals surface area contributed by atoms with Gasteiger partial charge in [-0.3, -0.25) is 14.4 Å². The van der Waals surface area contributed by atoms with Gasteiger partial charge in [0.1, 0.15) is 0 Å². The number of esters is 1. The summed E-state index contributed by atoms with van der Waals surface area (Å²) < 4.78 is 31.6. The molecule has 0 bridgehead atoms. The lowest BCUT2D eigenvalue weighted by molar-refractivity contribution is -0.155. The quantitative estimate of drug-likeness (QED) is 0.610. The molecule has 2 heterocycles. The third-order valence-corrected chi connectivity index (χ3v) is 6.90. The zero-order valence-electron chi connectivity index (χ0n) is 15.6. The fourth-order valence-electron chi connectivity index (χ4n) is 3.28. The lowest BCUT2D eigenvalue weighted by atomic mass is 10.1. The Hall–Kier alpha value is -2.46. The number of ether oxygens (including phenoxy) is 1. The highest BCUT2D eigenvalue weighted by atomic mass is 32.2. The van der Waals surface area contributed by atoms with Crippen molar-refractivity contribution in [3.8, 4) is 0 Å². The van der Waals surface area contributed by atoms with Crippen molar-refractivity contribution >= 4 is 27.8 Å². The second-order valence-corrected chi connectivity index (χ2v) is 8.82. The van der Waals surface area contributed by atoms with Crippen molar-refractivity contribution in [3.63, 3.8) is 0 Å². The maximum absolute atomic E-state index is 12.6. The normalized spacial score (nSPS) is 21.0. The number of hydrogen-bond donors (Lipinski definition) is 0. The lowest BCUT2D eigenvalue weighted by Gasteiger charge is -2.33. The van der Waals surface area contributed by atoms with Crippen molar-refractivity contribution in [2.45, 2.75) is 11.3 Å². The van der Waals surface area contributed by atoms with Crippen LogP contribution in [-0.2, 0) is 29.1 Å². The van der Waals surface area contributed by atoms with E-state index in [2.05, 4.69) is 0 Å². The first kappa shape index (κ1) is 20.3. The third kappa shape index (κ3) is 4.33. The van der Waals surface area contributed by atoms with Gasteiger partial charge in [0.05, 0.1) is 10.8 Å². The monoisotopic (exact) mass is 409 g/mol. The van der Waals surface area contributed by atoms with Crippen LogP contribution in [0.5, 0.6) is 0 Å². The van der Waals surface area contributed by atoms with Crippen LogP contribution < -0.4 is 0 Å². The van der Waals surface area contributed by atoms with E-state index in [1.165, 1.54) is 26.2 Å². The number of benzene rings is 1. The van der Waals surface area contributed by atoms with E-state index < -0.39 is 28.5 Å². The molecule has 1 aromatic carbocycles. The molecule has 0 saturated carbocycles. The fourth-order valence-corrected chi connectivity index (χ4v) is 4.73. The molecule has 2 fully saturated rings. The number of likely N-dealkylation sites (tertiary alicyclic amines) is 1. The molecule has 1 atom stereocenters. The molecule has 0 aromatic heterocycles. The molecule has 0 spiro atoms. The standard InChI is InChI=1S/C18H23N3O6S/c1-19-12-14(11-16(19)22)18(24)27-13-17(23)20-7-9-21(10-8-20)28(25,26)15-5-3-2-4-6-15/h2-6,14H,7-13H2,1H3/t14-/m1/s1. The van der Waals surface area contributed by atoms with Crippen molar-refractivity contribution in [3.05, 3.63) is 30.3 Å². The van der Waals surface area contributed by atoms with E-state index in [1.807, 2.05) is 0 Å². The van der Waals surface area contributed by atoms with Gasteiger partial charge in [-0.05, 0) is 12.1 Å². The Bertz CT molecular complexity index is 849. The minimum Gasteiger partial charge on any atom is -0.455 e. The maximum Gasteiger partial charge on any atom is 0.311 e. The average Bonchev–Trinajstić information content (AvgIpc) is 3.05. The zero-order valence-corrected chi connectivity index (χ0v) is 16.4. The van der Waals surface area contributed by atoms with Gasteiger partial charge in [-0.25, -0.2) is 8.42 Å². The van der Waals surface area contributed by atoms with Crippen molar-refractivity contribution < 1.29 is 27.5 Å². The molecule has 0 aliphatic carbocycles. The van der Waals surface area contributed by atoms with E-state index >= 15 is 0 Å². The maximum atomic E-state index is 12.6. The Labute approximate surface area is 163 Å². The van der Waals surface area contributed by atoms with Gasteiger partial charge in [0.2, 0.25) is 15.9 Å². The summed E-state index contributed by atoms with van der Waals surface area (Å²) in [5.74, 6) is -1.60. The summed E-state index contributed by atoms with van der Waals surface area (Å²) >= 11 is 0. The van der Waals surface area contributed by atoms with Gasteiger partial charge in [-0.1, -0.05) is 18.2 Å². The Morgan fingerprint density at radius 2 is 1.75 bits per heavy atom. The minimum atomic E-state index is -3.58. The van der Waals surface area contributed by atoms with Crippen LogP contribution in [0.15, 0.2) is 35.2 Å². The van der Waals surface area contributed by atoms with E-state index in [0.717, 1.165) is 0 Å². The van der Waals surface area contributed by atoms with Crippen molar-refractivity contribution in [2.24, 2.45) is 5.92 Å². The first-order chi connectivity index (χ1) is 13.3. The second kappa shape index (κ2) is 8.27. The molecule has 2 aliphatic rings. The predicted molar refractivity (Wildman–Crippen MR) is 98.5 cm³/mol. The second-order valence-electron chi connectivity index (χ2n) is 6.88. The zero-order chi connectivity index (χ0) is 20.3. The first-order valence-electron chi connectivity index (χ1n) is 9.02. The molecule has 2 amide bonds. The summed E-state index contributed by atoms with van der Waals surface area (Å²) in [4.78, 5) is 38.9. The molecule has 10 heteroatoms. The number of carbonyl (C=O) groups excluding carboxylic acids is 3.